The third-order valence-corrected chi connectivity index (χ3v) is 4.80. The molecule has 0 saturated carbocycles. The summed E-state index contributed by atoms with van der Waals surface area (Å²) in [4.78, 5) is 26.3. The van der Waals surface area contributed by atoms with E-state index in [1.807, 2.05) is 39.0 Å². The molecule has 0 radical (unpaired) electrons. The van der Waals surface area contributed by atoms with Crippen molar-refractivity contribution in [2.75, 3.05) is 24.7 Å². The van der Waals surface area contributed by atoms with Gasteiger partial charge in [-0.1, -0.05) is 6.07 Å². The Bertz CT molecular complexity index is 848. The third kappa shape index (κ3) is 4.82. The maximum atomic E-state index is 12.4. The maximum absolute atomic E-state index is 12.4. The average molecular weight is 382 g/mol. The highest BCUT2D eigenvalue weighted by molar-refractivity contribution is 5.97. The molecule has 1 fully saturated rings. The van der Waals surface area contributed by atoms with Crippen LogP contribution >= 0.6 is 0 Å². The first-order chi connectivity index (χ1) is 13.5. The molecular formula is C22H26N2O4. The molecule has 0 spiro atoms. The van der Waals surface area contributed by atoms with E-state index in [1.165, 1.54) is 5.56 Å². The molecule has 1 saturated heterocycles. The number of amides is 2. The van der Waals surface area contributed by atoms with E-state index >= 15 is 0 Å². The van der Waals surface area contributed by atoms with Crippen LogP contribution in [0.15, 0.2) is 42.5 Å². The molecule has 1 atom stereocenters. The predicted molar refractivity (Wildman–Crippen MR) is 108 cm³/mol. The van der Waals surface area contributed by atoms with Gasteiger partial charge in [-0.2, -0.15) is 0 Å². The van der Waals surface area contributed by atoms with Gasteiger partial charge in [-0.25, -0.2) is 0 Å². The van der Waals surface area contributed by atoms with Crippen LogP contribution < -0.4 is 19.7 Å². The van der Waals surface area contributed by atoms with Crippen molar-refractivity contribution in [1.82, 2.24) is 5.32 Å². The van der Waals surface area contributed by atoms with E-state index in [9.17, 15) is 9.59 Å². The second-order valence-corrected chi connectivity index (χ2v) is 6.93. The highest BCUT2D eigenvalue weighted by atomic mass is 16.5. The summed E-state index contributed by atoms with van der Waals surface area (Å²) in [6.45, 7) is 6.96. The molecule has 3 rings (SSSR count). The number of carbonyl (C=O) groups is 2. The van der Waals surface area contributed by atoms with E-state index in [0.717, 1.165) is 17.0 Å². The standard InChI is InChI=1S/C22H26N2O4/c1-4-27-19-7-9-20(10-8-19)28-14-21(25)23-17-12-22(26)24(13-17)18-6-5-15(2)16(3)11-18/h5-11,17H,4,12-14H2,1-3H3,(H,23,25)/t17-/m1/s1. The monoisotopic (exact) mass is 382 g/mol. The first-order valence-electron chi connectivity index (χ1n) is 9.49. The Kier molecular flexibility index (Phi) is 6.19. The smallest absolute Gasteiger partial charge is 0.258 e. The van der Waals surface area contributed by atoms with E-state index in [0.29, 0.717) is 25.3 Å². The average Bonchev–Trinajstić information content (AvgIpc) is 3.03. The Morgan fingerprint density at radius 1 is 1.07 bits per heavy atom. The summed E-state index contributed by atoms with van der Waals surface area (Å²) in [6, 6.07) is 12.9. The first-order valence-corrected chi connectivity index (χ1v) is 9.49. The molecule has 0 bridgehead atoms. The van der Waals surface area contributed by atoms with E-state index in [1.54, 1.807) is 29.2 Å². The van der Waals surface area contributed by atoms with Gasteiger partial charge >= 0.3 is 0 Å². The van der Waals surface area contributed by atoms with E-state index in [-0.39, 0.29) is 24.5 Å². The zero-order valence-corrected chi connectivity index (χ0v) is 16.5. The van der Waals surface area contributed by atoms with Crippen LogP contribution in [-0.2, 0) is 9.59 Å². The van der Waals surface area contributed by atoms with E-state index in [4.69, 9.17) is 9.47 Å². The zero-order chi connectivity index (χ0) is 20.1. The third-order valence-electron chi connectivity index (χ3n) is 4.80. The Hall–Kier alpha value is -3.02. The lowest BCUT2D eigenvalue weighted by Crippen LogP contribution is -2.39. The molecule has 2 aromatic rings. The molecule has 2 aromatic carbocycles. The summed E-state index contributed by atoms with van der Waals surface area (Å²) in [6.07, 6.45) is 0.293. The fourth-order valence-corrected chi connectivity index (χ4v) is 3.16. The van der Waals surface area contributed by atoms with Crippen molar-refractivity contribution in [2.45, 2.75) is 33.2 Å². The second-order valence-electron chi connectivity index (χ2n) is 6.93. The van der Waals surface area contributed by atoms with Crippen molar-refractivity contribution in [3.63, 3.8) is 0 Å². The molecule has 0 aromatic heterocycles. The summed E-state index contributed by atoms with van der Waals surface area (Å²) in [5.74, 6) is 1.13. The van der Waals surface area contributed by atoms with Crippen LogP contribution in [0.5, 0.6) is 11.5 Å². The zero-order valence-electron chi connectivity index (χ0n) is 16.5. The van der Waals surface area contributed by atoms with Gasteiger partial charge in [0, 0.05) is 18.7 Å². The van der Waals surface area contributed by atoms with Gasteiger partial charge in [0.25, 0.3) is 5.91 Å². The number of aryl methyl sites for hydroxylation is 2. The highest BCUT2D eigenvalue weighted by Crippen LogP contribution is 2.24. The normalized spacial score (nSPS) is 16.2. The maximum Gasteiger partial charge on any atom is 0.258 e. The van der Waals surface area contributed by atoms with Crippen LogP contribution in [0.3, 0.4) is 0 Å². The molecule has 28 heavy (non-hydrogen) atoms. The lowest BCUT2D eigenvalue weighted by molar-refractivity contribution is -0.123. The fourth-order valence-electron chi connectivity index (χ4n) is 3.16. The Balaban J connectivity index is 1.50. The van der Waals surface area contributed by atoms with Crippen LogP contribution in [-0.4, -0.2) is 37.6 Å². The van der Waals surface area contributed by atoms with Crippen molar-refractivity contribution in [3.05, 3.63) is 53.6 Å². The van der Waals surface area contributed by atoms with Gasteiger partial charge in [0.15, 0.2) is 6.61 Å². The Morgan fingerprint density at radius 2 is 1.75 bits per heavy atom. The molecule has 1 heterocycles. The number of rotatable bonds is 7. The largest absolute Gasteiger partial charge is 0.494 e. The second kappa shape index (κ2) is 8.78. The van der Waals surface area contributed by atoms with Crippen molar-refractivity contribution >= 4 is 17.5 Å². The molecule has 0 unspecified atom stereocenters. The van der Waals surface area contributed by atoms with Gasteiger partial charge in [0.2, 0.25) is 5.91 Å². The van der Waals surface area contributed by atoms with Gasteiger partial charge in [-0.15, -0.1) is 0 Å². The molecule has 0 aliphatic carbocycles. The molecule has 2 amide bonds. The quantitative estimate of drug-likeness (QED) is 0.799. The number of carbonyl (C=O) groups excluding carboxylic acids is 2. The van der Waals surface area contributed by atoms with E-state index < -0.39 is 0 Å². The number of ether oxygens (including phenoxy) is 2. The van der Waals surface area contributed by atoms with Crippen LogP contribution in [0.25, 0.3) is 0 Å². The van der Waals surface area contributed by atoms with Crippen LogP contribution in [0, 0.1) is 13.8 Å². The number of hydrogen-bond acceptors (Lipinski definition) is 4. The summed E-state index contributed by atoms with van der Waals surface area (Å²) in [5, 5.41) is 2.89. The van der Waals surface area contributed by atoms with Crippen molar-refractivity contribution < 1.29 is 19.1 Å². The molecule has 1 aliphatic rings. The van der Waals surface area contributed by atoms with Gasteiger partial charge in [-0.05, 0) is 68.3 Å². The van der Waals surface area contributed by atoms with Crippen molar-refractivity contribution in [2.24, 2.45) is 0 Å². The summed E-state index contributed by atoms with van der Waals surface area (Å²) < 4.78 is 10.9. The molecule has 1 aliphatic heterocycles. The SMILES string of the molecule is CCOc1ccc(OCC(=O)N[C@@H]2CC(=O)N(c3ccc(C)c(C)c3)C2)cc1. The summed E-state index contributed by atoms with van der Waals surface area (Å²) in [5.41, 5.74) is 3.20. The molecule has 148 valence electrons. The Labute approximate surface area is 165 Å². The van der Waals surface area contributed by atoms with Gasteiger partial charge in [0.1, 0.15) is 11.5 Å². The van der Waals surface area contributed by atoms with Crippen molar-refractivity contribution in [1.29, 1.82) is 0 Å². The molecule has 6 nitrogen and oxygen atoms in total. The van der Waals surface area contributed by atoms with Crippen LogP contribution in [0.1, 0.15) is 24.5 Å². The first kappa shape index (κ1) is 19.7. The lowest BCUT2D eigenvalue weighted by atomic mass is 10.1. The number of nitrogens with zero attached hydrogens (tertiary/aromatic N) is 1. The van der Waals surface area contributed by atoms with Gasteiger partial charge in [0.05, 0.1) is 12.6 Å². The van der Waals surface area contributed by atoms with Crippen LogP contribution in [0.4, 0.5) is 5.69 Å². The lowest BCUT2D eigenvalue weighted by Gasteiger charge is -2.18. The minimum atomic E-state index is -0.242. The summed E-state index contributed by atoms with van der Waals surface area (Å²) in [7, 11) is 0. The van der Waals surface area contributed by atoms with E-state index in [2.05, 4.69) is 5.32 Å². The number of nitrogens with one attached hydrogen (secondary N) is 1. The van der Waals surface area contributed by atoms with Gasteiger partial charge in [-0.3, -0.25) is 9.59 Å². The minimum absolute atomic E-state index is 0.0148. The molecule has 6 heteroatoms. The minimum Gasteiger partial charge on any atom is -0.494 e. The Morgan fingerprint density at radius 3 is 2.39 bits per heavy atom. The highest BCUT2D eigenvalue weighted by Gasteiger charge is 2.31. The molecular weight excluding hydrogens is 356 g/mol. The fraction of sp³-hybridized carbons (Fsp3) is 0.364. The van der Waals surface area contributed by atoms with Crippen molar-refractivity contribution in [3.8, 4) is 11.5 Å². The predicted octanol–water partition coefficient (Wildman–Crippen LogP) is 3.00. The molecule has 1 N–H and O–H groups in total. The number of anilines is 1. The topological polar surface area (TPSA) is 67.9 Å². The van der Waals surface area contributed by atoms with Crippen LogP contribution in [0.2, 0.25) is 0 Å². The number of hydrogen-bond donors (Lipinski definition) is 1. The number of benzene rings is 2. The summed E-state index contributed by atoms with van der Waals surface area (Å²) >= 11 is 0. The van der Waals surface area contributed by atoms with Gasteiger partial charge < -0.3 is 19.7 Å².